The van der Waals surface area contributed by atoms with Gasteiger partial charge in [-0.3, -0.25) is 0 Å². The third-order valence-electron chi connectivity index (χ3n) is 4.54. The minimum atomic E-state index is -0.503. The standard InChI is InChI=1S/C20H27ClN4O2/c1-13(2)25(19(26)27-20(3,4)5)14-10-11-24(12-14)18-9-7-15-16(23-18)6-8-17(21)22-15/h6-9,13-14H,10-12H2,1-5H3. The quantitative estimate of drug-likeness (QED) is 0.722. The van der Waals surface area contributed by atoms with Crippen molar-refractivity contribution in [2.45, 2.75) is 58.7 Å². The molecule has 0 radical (unpaired) electrons. The lowest BCUT2D eigenvalue weighted by Gasteiger charge is -2.34. The maximum absolute atomic E-state index is 12.7. The Bertz CT molecular complexity index is 834. The van der Waals surface area contributed by atoms with Crippen LogP contribution in [0, 0.1) is 0 Å². The fourth-order valence-electron chi connectivity index (χ4n) is 3.42. The number of carbonyl (C=O) groups excluding carboxylic acids is 1. The Kier molecular flexibility index (Phi) is 5.47. The lowest BCUT2D eigenvalue weighted by Crippen LogP contribution is -2.48. The number of pyridine rings is 2. The van der Waals surface area contributed by atoms with E-state index in [1.54, 1.807) is 6.07 Å². The molecule has 1 amide bonds. The van der Waals surface area contributed by atoms with Crippen molar-refractivity contribution in [3.05, 3.63) is 29.4 Å². The maximum Gasteiger partial charge on any atom is 0.410 e. The highest BCUT2D eigenvalue weighted by molar-refractivity contribution is 6.29. The number of ether oxygens (including phenoxy) is 1. The Morgan fingerprint density at radius 3 is 2.56 bits per heavy atom. The molecule has 2 aromatic rings. The topological polar surface area (TPSA) is 58.6 Å². The molecule has 146 valence electrons. The molecule has 3 heterocycles. The summed E-state index contributed by atoms with van der Waals surface area (Å²) in [6.07, 6.45) is 0.630. The van der Waals surface area contributed by atoms with Crippen molar-refractivity contribution in [2.75, 3.05) is 18.0 Å². The van der Waals surface area contributed by atoms with Gasteiger partial charge in [-0.25, -0.2) is 14.8 Å². The van der Waals surface area contributed by atoms with Crippen LogP contribution in [0.3, 0.4) is 0 Å². The van der Waals surface area contributed by atoms with Gasteiger partial charge in [-0.05, 0) is 65.3 Å². The first-order valence-electron chi connectivity index (χ1n) is 9.33. The first-order chi connectivity index (χ1) is 12.6. The lowest BCUT2D eigenvalue weighted by atomic mass is 10.1. The van der Waals surface area contributed by atoms with Crippen LogP contribution in [0.5, 0.6) is 0 Å². The summed E-state index contributed by atoms with van der Waals surface area (Å²) in [4.78, 5) is 25.7. The van der Waals surface area contributed by atoms with E-state index < -0.39 is 5.60 Å². The summed E-state index contributed by atoms with van der Waals surface area (Å²) in [5, 5.41) is 0.461. The van der Waals surface area contributed by atoms with Crippen LogP contribution in [0.25, 0.3) is 11.0 Å². The molecule has 27 heavy (non-hydrogen) atoms. The third-order valence-corrected chi connectivity index (χ3v) is 4.75. The molecule has 1 unspecified atom stereocenters. The van der Waals surface area contributed by atoms with E-state index >= 15 is 0 Å². The van der Waals surface area contributed by atoms with E-state index in [1.807, 2.05) is 57.7 Å². The highest BCUT2D eigenvalue weighted by Gasteiger charge is 2.35. The summed E-state index contributed by atoms with van der Waals surface area (Å²) in [5.74, 6) is 0.891. The van der Waals surface area contributed by atoms with Crippen LogP contribution < -0.4 is 4.90 Å². The van der Waals surface area contributed by atoms with Gasteiger partial charge in [0.05, 0.1) is 17.1 Å². The highest BCUT2D eigenvalue weighted by atomic mass is 35.5. The molecule has 1 atom stereocenters. The molecule has 1 aliphatic heterocycles. The minimum Gasteiger partial charge on any atom is -0.444 e. The van der Waals surface area contributed by atoms with Crippen molar-refractivity contribution in [1.29, 1.82) is 0 Å². The molecular weight excluding hydrogens is 364 g/mol. The fourth-order valence-corrected chi connectivity index (χ4v) is 3.58. The van der Waals surface area contributed by atoms with Gasteiger partial charge >= 0.3 is 6.09 Å². The van der Waals surface area contributed by atoms with Crippen LogP contribution in [0.15, 0.2) is 24.3 Å². The van der Waals surface area contributed by atoms with Gasteiger partial charge in [0.15, 0.2) is 0 Å². The Labute approximate surface area is 165 Å². The van der Waals surface area contributed by atoms with Gasteiger partial charge in [-0.2, -0.15) is 0 Å². The number of hydrogen-bond donors (Lipinski definition) is 0. The number of aromatic nitrogens is 2. The summed E-state index contributed by atoms with van der Waals surface area (Å²) >= 11 is 5.95. The zero-order valence-electron chi connectivity index (χ0n) is 16.6. The van der Waals surface area contributed by atoms with Gasteiger partial charge in [-0.1, -0.05) is 11.6 Å². The van der Waals surface area contributed by atoms with E-state index in [1.165, 1.54) is 0 Å². The van der Waals surface area contributed by atoms with E-state index in [9.17, 15) is 4.79 Å². The van der Waals surface area contributed by atoms with Crippen LogP contribution >= 0.6 is 11.6 Å². The van der Waals surface area contributed by atoms with Crippen LogP contribution in [0.1, 0.15) is 41.0 Å². The van der Waals surface area contributed by atoms with E-state index in [-0.39, 0.29) is 18.2 Å². The normalized spacial score (nSPS) is 17.6. The average molecular weight is 391 g/mol. The summed E-state index contributed by atoms with van der Waals surface area (Å²) in [5.41, 5.74) is 1.09. The van der Waals surface area contributed by atoms with E-state index in [2.05, 4.69) is 9.88 Å². The number of carbonyl (C=O) groups is 1. The number of anilines is 1. The molecule has 6 nitrogen and oxygen atoms in total. The number of nitrogens with zero attached hydrogens (tertiary/aromatic N) is 4. The van der Waals surface area contributed by atoms with Gasteiger partial charge in [0, 0.05) is 19.1 Å². The number of amides is 1. The summed E-state index contributed by atoms with van der Waals surface area (Å²) < 4.78 is 5.62. The molecule has 0 aromatic carbocycles. The van der Waals surface area contributed by atoms with E-state index in [0.29, 0.717) is 5.15 Å². The monoisotopic (exact) mass is 390 g/mol. The molecule has 3 rings (SSSR count). The van der Waals surface area contributed by atoms with Gasteiger partial charge in [0.2, 0.25) is 0 Å². The largest absolute Gasteiger partial charge is 0.444 e. The van der Waals surface area contributed by atoms with Gasteiger partial charge in [0.25, 0.3) is 0 Å². The van der Waals surface area contributed by atoms with Crippen LogP contribution in [-0.4, -0.2) is 51.7 Å². The molecule has 2 aromatic heterocycles. The van der Waals surface area contributed by atoms with Gasteiger partial charge in [-0.15, -0.1) is 0 Å². The molecular formula is C20H27ClN4O2. The Morgan fingerprint density at radius 1 is 1.22 bits per heavy atom. The second-order valence-electron chi connectivity index (χ2n) is 8.21. The molecule has 7 heteroatoms. The molecule has 0 bridgehead atoms. The summed E-state index contributed by atoms with van der Waals surface area (Å²) in [6, 6.07) is 7.69. The Morgan fingerprint density at radius 2 is 1.89 bits per heavy atom. The zero-order valence-corrected chi connectivity index (χ0v) is 17.3. The second kappa shape index (κ2) is 7.50. The van der Waals surface area contributed by atoms with E-state index in [4.69, 9.17) is 21.3 Å². The van der Waals surface area contributed by atoms with Crippen LogP contribution in [-0.2, 0) is 4.74 Å². The SMILES string of the molecule is CC(C)N(C(=O)OC(C)(C)C)C1CCN(c2ccc3nc(Cl)ccc3n2)C1. The van der Waals surface area contributed by atoms with Gasteiger partial charge in [0.1, 0.15) is 16.6 Å². The van der Waals surface area contributed by atoms with Crippen LogP contribution in [0.2, 0.25) is 5.15 Å². The number of hydrogen-bond acceptors (Lipinski definition) is 5. The smallest absolute Gasteiger partial charge is 0.410 e. The number of halogens is 1. The summed E-state index contributed by atoms with van der Waals surface area (Å²) in [7, 11) is 0. The van der Waals surface area contributed by atoms with Crippen molar-refractivity contribution in [2.24, 2.45) is 0 Å². The first kappa shape index (κ1) is 19.7. The lowest BCUT2D eigenvalue weighted by molar-refractivity contribution is 0.0107. The molecule has 1 saturated heterocycles. The molecule has 0 aliphatic carbocycles. The predicted molar refractivity (Wildman–Crippen MR) is 108 cm³/mol. The number of rotatable bonds is 3. The van der Waals surface area contributed by atoms with Crippen molar-refractivity contribution in [3.63, 3.8) is 0 Å². The van der Waals surface area contributed by atoms with E-state index in [0.717, 1.165) is 36.4 Å². The Balaban J connectivity index is 1.76. The van der Waals surface area contributed by atoms with Crippen molar-refractivity contribution in [3.8, 4) is 0 Å². The summed E-state index contributed by atoms with van der Waals surface area (Å²) in [6.45, 7) is 11.3. The average Bonchev–Trinajstić information content (AvgIpc) is 3.01. The third kappa shape index (κ3) is 4.61. The van der Waals surface area contributed by atoms with Gasteiger partial charge < -0.3 is 14.5 Å². The maximum atomic E-state index is 12.7. The number of fused-ring (bicyclic) bond motifs is 1. The van der Waals surface area contributed by atoms with Crippen LogP contribution in [0.4, 0.5) is 10.6 Å². The predicted octanol–water partition coefficient (Wildman–Crippen LogP) is 4.51. The van der Waals surface area contributed by atoms with Crippen molar-refractivity contribution < 1.29 is 9.53 Å². The molecule has 1 aliphatic rings. The zero-order chi connectivity index (χ0) is 19.8. The Hall–Kier alpha value is -2.08. The van der Waals surface area contributed by atoms with Crippen molar-refractivity contribution in [1.82, 2.24) is 14.9 Å². The highest BCUT2D eigenvalue weighted by Crippen LogP contribution is 2.26. The molecule has 0 saturated carbocycles. The second-order valence-corrected chi connectivity index (χ2v) is 8.60. The minimum absolute atomic E-state index is 0.0701. The fraction of sp³-hybridized carbons (Fsp3) is 0.550. The first-order valence-corrected chi connectivity index (χ1v) is 9.71. The molecule has 1 fully saturated rings. The molecule has 0 spiro atoms. The van der Waals surface area contributed by atoms with Crippen molar-refractivity contribution >= 4 is 34.5 Å². The molecule has 0 N–H and O–H groups in total.